The summed E-state index contributed by atoms with van der Waals surface area (Å²) in [6, 6.07) is 6.26. The largest absolute Gasteiger partial charge is 0.497 e. The maximum Gasteiger partial charge on any atom is 0.121 e. The maximum absolute atomic E-state index is 5.65. The number of fused-ring (bicyclic) bond motifs is 1. The SMILES string of the molecule is COc1ccc2c(c1)N(CCN)CC(C)S2. The molecule has 1 aliphatic rings. The molecule has 1 aromatic rings. The van der Waals surface area contributed by atoms with Crippen LogP contribution in [0, 0.1) is 0 Å². The van der Waals surface area contributed by atoms with E-state index in [1.54, 1.807) is 7.11 Å². The van der Waals surface area contributed by atoms with E-state index in [0.29, 0.717) is 11.8 Å². The van der Waals surface area contributed by atoms with E-state index in [1.165, 1.54) is 10.6 Å². The van der Waals surface area contributed by atoms with Gasteiger partial charge in [0.25, 0.3) is 0 Å². The van der Waals surface area contributed by atoms with Gasteiger partial charge in [-0.1, -0.05) is 6.92 Å². The number of methoxy groups -OCH3 is 1. The molecule has 2 N–H and O–H groups in total. The van der Waals surface area contributed by atoms with Crippen LogP contribution in [0.3, 0.4) is 0 Å². The van der Waals surface area contributed by atoms with Crippen LogP contribution >= 0.6 is 11.8 Å². The van der Waals surface area contributed by atoms with Crippen molar-refractivity contribution in [3.8, 4) is 5.75 Å². The van der Waals surface area contributed by atoms with Gasteiger partial charge in [0, 0.05) is 35.8 Å². The third-order valence-corrected chi connectivity index (χ3v) is 3.86. The van der Waals surface area contributed by atoms with Gasteiger partial charge in [-0.3, -0.25) is 0 Å². The van der Waals surface area contributed by atoms with E-state index in [0.717, 1.165) is 18.8 Å². The summed E-state index contributed by atoms with van der Waals surface area (Å²) in [4.78, 5) is 3.67. The van der Waals surface area contributed by atoms with Crippen molar-refractivity contribution in [3.63, 3.8) is 0 Å². The molecule has 0 spiro atoms. The molecule has 1 aromatic carbocycles. The molecular weight excluding hydrogens is 220 g/mol. The zero-order chi connectivity index (χ0) is 11.5. The van der Waals surface area contributed by atoms with Crippen LogP contribution in [0.4, 0.5) is 5.69 Å². The summed E-state index contributed by atoms with van der Waals surface area (Å²) in [6.07, 6.45) is 0. The second-order valence-electron chi connectivity index (χ2n) is 4.00. The van der Waals surface area contributed by atoms with Crippen molar-refractivity contribution in [2.75, 3.05) is 31.6 Å². The highest BCUT2D eigenvalue weighted by Crippen LogP contribution is 2.40. The summed E-state index contributed by atoms with van der Waals surface area (Å²) in [5.41, 5.74) is 6.91. The van der Waals surface area contributed by atoms with Gasteiger partial charge in [-0.15, -0.1) is 11.8 Å². The number of rotatable bonds is 3. The van der Waals surface area contributed by atoms with Gasteiger partial charge < -0.3 is 15.4 Å². The molecule has 1 atom stereocenters. The molecule has 4 heteroatoms. The second kappa shape index (κ2) is 4.97. The normalized spacial score (nSPS) is 19.4. The van der Waals surface area contributed by atoms with Crippen LogP contribution < -0.4 is 15.4 Å². The molecule has 1 aliphatic heterocycles. The first-order valence-electron chi connectivity index (χ1n) is 5.54. The van der Waals surface area contributed by atoms with Crippen LogP contribution in [-0.2, 0) is 0 Å². The standard InChI is InChI=1S/C12H18N2OS/c1-9-8-14(6-5-13)11-7-10(15-2)3-4-12(11)16-9/h3-4,7,9H,5-6,8,13H2,1-2H3. The highest BCUT2D eigenvalue weighted by atomic mass is 32.2. The maximum atomic E-state index is 5.65. The van der Waals surface area contributed by atoms with Gasteiger partial charge in [0.2, 0.25) is 0 Å². The Morgan fingerprint density at radius 2 is 2.38 bits per heavy atom. The molecular formula is C12H18N2OS. The number of nitrogens with two attached hydrogens (primary N) is 1. The van der Waals surface area contributed by atoms with Crippen LogP contribution in [-0.4, -0.2) is 32.0 Å². The Hall–Kier alpha value is -0.870. The lowest BCUT2D eigenvalue weighted by Crippen LogP contribution is -2.36. The minimum absolute atomic E-state index is 0.618. The Balaban J connectivity index is 2.33. The second-order valence-corrected chi connectivity index (χ2v) is 5.48. The van der Waals surface area contributed by atoms with Gasteiger partial charge in [-0.2, -0.15) is 0 Å². The van der Waals surface area contributed by atoms with Gasteiger partial charge in [0.05, 0.1) is 12.8 Å². The van der Waals surface area contributed by atoms with E-state index in [-0.39, 0.29) is 0 Å². The topological polar surface area (TPSA) is 38.5 Å². The van der Waals surface area contributed by atoms with Crippen molar-refractivity contribution < 1.29 is 4.74 Å². The Morgan fingerprint density at radius 1 is 1.56 bits per heavy atom. The van der Waals surface area contributed by atoms with E-state index in [4.69, 9.17) is 10.5 Å². The molecule has 0 amide bonds. The van der Waals surface area contributed by atoms with Crippen molar-refractivity contribution in [1.29, 1.82) is 0 Å². The Kier molecular flexibility index (Phi) is 3.61. The van der Waals surface area contributed by atoms with Crippen LogP contribution in [0.1, 0.15) is 6.92 Å². The van der Waals surface area contributed by atoms with E-state index in [1.807, 2.05) is 17.8 Å². The molecule has 0 aromatic heterocycles. The molecule has 0 aliphatic carbocycles. The molecule has 0 bridgehead atoms. The average Bonchev–Trinajstić information content (AvgIpc) is 2.29. The van der Waals surface area contributed by atoms with E-state index >= 15 is 0 Å². The zero-order valence-corrected chi connectivity index (χ0v) is 10.6. The number of ether oxygens (including phenoxy) is 1. The van der Waals surface area contributed by atoms with Gasteiger partial charge in [-0.25, -0.2) is 0 Å². The third kappa shape index (κ3) is 2.28. The first kappa shape index (κ1) is 11.6. The Morgan fingerprint density at radius 3 is 3.06 bits per heavy atom. The molecule has 0 radical (unpaired) electrons. The molecule has 0 fully saturated rings. The molecule has 1 heterocycles. The summed E-state index contributed by atoms with van der Waals surface area (Å²) in [7, 11) is 1.70. The van der Waals surface area contributed by atoms with Crippen LogP contribution in [0.25, 0.3) is 0 Å². The summed E-state index contributed by atoms with van der Waals surface area (Å²) in [5, 5.41) is 0.618. The zero-order valence-electron chi connectivity index (χ0n) is 9.77. The van der Waals surface area contributed by atoms with Crippen LogP contribution in [0.15, 0.2) is 23.1 Å². The Labute approximate surface area is 101 Å². The lowest BCUT2D eigenvalue weighted by molar-refractivity contribution is 0.414. The fraction of sp³-hybridized carbons (Fsp3) is 0.500. The fourth-order valence-corrected chi connectivity index (χ4v) is 3.14. The molecule has 0 saturated heterocycles. The number of anilines is 1. The molecule has 0 saturated carbocycles. The number of nitrogens with zero attached hydrogens (tertiary/aromatic N) is 1. The smallest absolute Gasteiger partial charge is 0.121 e. The number of benzene rings is 1. The van der Waals surface area contributed by atoms with Gasteiger partial charge in [0.1, 0.15) is 5.75 Å². The lowest BCUT2D eigenvalue weighted by Gasteiger charge is -2.34. The van der Waals surface area contributed by atoms with Crippen LogP contribution in [0.2, 0.25) is 0 Å². The highest BCUT2D eigenvalue weighted by Gasteiger charge is 2.22. The van der Waals surface area contributed by atoms with E-state index < -0.39 is 0 Å². The van der Waals surface area contributed by atoms with Gasteiger partial charge in [0.15, 0.2) is 0 Å². The van der Waals surface area contributed by atoms with Crippen molar-refractivity contribution in [3.05, 3.63) is 18.2 Å². The number of hydrogen-bond acceptors (Lipinski definition) is 4. The van der Waals surface area contributed by atoms with Gasteiger partial charge >= 0.3 is 0 Å². The predicted octanol–water partition coefficient (Wildman–Crippen LogP) is 1.95. The van der Waals surface area contributed by atoms with Crippen molar-refractivity contribution in [2.24, 2.45) is 5.73 Å². The third-order valence-electron chi connectivity index (χ3n) is 2.71. The fourth-order valence-electron chi connectivity index (χ4n) is 2.00. The minimum Gasteiger partial charge on any atom is -0.497 e. The minimum atomic E-state index is 0.618. The van der Waals surface area contributed by atoms with Crippen molar-refractivity contribution in [1.82, 2.24) is 0 Å². The number of thioether (sulfide) groups is 1. The summed E-state index contributed by atoms with van der Waals surface area (Å²) >= 11 is 1.92. The predicted molar refractivity (Wildman–Crippen MR) is 69.6 cm³/mol. The molecule has 16 heavy (non-hydrogen) atoms. The molecule has 88 valence electrons. The molecule has 1 unspecified atom stereocenters. The van der Waals surface area contributed by atoms with E-state index in [2.05, 4.69) is 24.0 Å². The summed E-state index contributed by atoms with van der Waals surface area (Å²) in [6.45, 7) is 4.91. The van der Waals surface area contributed by atoms with Crippen LogP contribution in [0.5, 0.6) is 5.75 Å². The first-order valence-corrected chi connectivity index (χ1v) is 6.42. The summed E-state index contributed by atoms with van der Waals surface area (Å²) < 4.78 is 5.27. The van der Waals surface area contributed by atoms with Gasteiger partial charge in [-0.05, 0) is 12.1 Å². The Bertz CT molecular complexity index is 370. The molecule has 3 nitrogen and oxygen atoms in total. The molecule has 2 rings (SSSR count). The first-order chi connectivity index (χ1) is 7.74. The number of hydrogen-bond donors (Lipinski definition) is 1. The average molecular weight is 238 g/mol. The van der Waals surface area contributed by atoms with Crippen molar-refractivity contribution >= 4 is 17.4 Å². The summed E-state index contributed by atoms with van der Waals surface area (Å²) in [5.74, 6) is 0.913. The highest BCUT2D eigenvalue weighted by molar-refractivity contribution is 8.00. The van der Waals surface area contributed by atoms with E-state index in [9.17, 15) is 0 Å². The quantitative estimate of drug-likeness (QED) is 0.873. The monoisotopic (exact) mass is 238 g/mol. The van der Waals surface area contributed by atoms with Crippen molar-refractivity contribution in [2.45, 2.75) is 17.1 Å². The lowest BCUT2D eigenvalue weighted by atomic mass is 10.2.